The Morgan fingerprint density at radius 1 is 0.982 bits per heavy atom. The molecule has 7 aliphatic heterocycles. The van der Waals surface area contributed by atoms with Crippen molar-refractivity contribution in [3.8, 4) is 0 Å². The molecule has 16 atom stereocenters. The molecule has 3 spiro atoms. The Hall–Kier alpha value is -1.71. The summed E-state index contributed by atoms with van der Waals surface area (Å²) in [5.41, 5.74) is -0.0711. The lowest BCUT2D eigenvalue weighted by Crippen LogP contribution is -2.57. The minimum atomic E-state index is -1.95. The molecule has 0 aromatic rings. The molecule has 0 amide bonds. The second-order valence-corrected chi connectivity index (χ2v) is 18.8. The van der Waals surface area contributed by atoms with E-state index in [1.54, 1.807) is 0 Å². The smallest absolute Gasteiger partial charge is 0.335 e. The van der Waals surface area contributed by atoms with E-state index in [-0.39, 0.29) is 48.8 Å². The molecule has 0 aromatic heterocycles. The van der Waals surface area contributed by atoms with E-state index >= 15 is 0 Å². The number of fused-ring (bicyclic) bond motifs is 1. The fourth-order valence-corrected chi connectivity index (χ4v) is 10.5. The Morgan fingerprint density at radius 2 is 1.75 bits per heavy atom. The van der Waals surface area contributed by atoms with Crippen LogP contribution >= 0.6 is 0 Å². The first-order valence-electron chi connectivity index (χ1n) is 21.5. The van der Waals surface area contributed by atoms with E-state index < -0.39 is 53.3 Å². The van der Waals surface area contributed by atoms with Crippen molar-refractivity contribution in [1.82, 2.24) is 0 Å². The molecule has 6 fully saturated rings. The summed E-state index contributed by atoms with van der Waals surface area (Å²) in [6.45, 7) is 14.9. The van der Waals surface area contributed by atoms with E-state index in [1.807, 2.05) is 13.0 Å². The average Bonchev–Trinajstić information content (AvgIpc) is 3.54. The van der Waals surface area contributed by atoms with Gasteiger partial charge in [0.1, 0.15) is 12.2 Å². The zero-order valence-corrected chi connectivity index (χ0v) is 34.2. The van der Waals surface area contributed by atoms with Crippen LogP contribution in [0, 0.1) is 17.8 Å². The quantitative estimate of drug-likeness (QED) is 0.185. The highest BCUT2D eigenvalue weighted by Gasteiger charge is 2.53. The van der Waals surface area contributed by atoms with Crippen molar-refractivity contribution in [3.63, 3.8) is 0 Å². The van der Waals surface area contributed by atoms with E-state index in [2.05, 4.69) is 39.5 Å². The monoisotopic (exact) mass is 788 g/mol. The van der Waals surface area contributed by atoms with Gasteiger partial charge < -0.3 is 53.6 Å². The average molecular weight is 789 g/mol. The molecular weight excluding hydrogens is 720 g/mol. The Morgan fingerprint density at radius 3 is 2.50 bits per heavy atom. The third kappa shape index (κ3) is 9.05. The van der Waals surface area contributed by atoms with Crippen molar-refractivity contribution in [3.05, 3.63) is 36.0 Å². The number of aliphatic carboxylic acids is 1. The van der Waals surface area contributed by atoms with Gasteiger partial charge in [-0.2, -0.15) is 0 Å². The third-order valence-corrected chi connectivity index (χ3v) is 13.9. The number of carboxylic acid groups (broad SMARTS) is 1. The zero-order valence-electron chi connectivity index (χ0n) is 34.2. The van der Waals surface area contributed by atoms with E-state index in [9.17, 15) is 25.2 Å². The maximum atomic E-state index is 11.6. The van der Waals surface area contributed by atoms with Crippen LogP contribution in [-0.2, 0) is 38.0 Å². The number of aliphatic hydroxyl groups is 3. The maximum Gasteiger partial charge on any atom is 0.335 e. The van der Waals surface area contributed by atoms with Gasteiger partial charge in [-0.3, -0.25) is 0 Å². The predicted octanol–water partition coefficient (Wildman–Crippen LogP) is 6.24. The summed E-state index contributed by atoms with van der Waals surface area (Å²) in [7, 11) is 0. The van der Waals surface area contributed by atoms with E-state index in [1.165, 1.54) is 6.92 Å². The van der Waals surface area contributed by atoms with Gasteiger partial charge in [0, 0.05) is 38.0 Å². The molecule has 7 aliphatic rings. The lowest BCUT2D eigenvalue weighted by Gasteiger charge is -2.49. The topological polar surface area (TPSA) is 163 Å². The highest BCUT2D eigenvalue weighted by Crippen LogP contribution is 2.47. The second kappa shape index (κ2) is 16.7. The second-order valence-electron chi connectivity index (χ2n) is 18.8. The largest absolute Gasteiger partial charge is 0.479 e. The van der Waals surface area contributed by atoms with Gasteiger partial charge in [0.15, 0.2) is 17.2 Å². The molecule has 0 aliphatic carbocycles. The summed E-state index contributed by atoms with van der Waals surface area (Å²) < 4.78 is 45.6. The highest BCUT2D eigenvalue weighted by atomic mass is 16.7. The number of aliphatic hydroxyl groups excluding tert-OH is 2. The van der Waals surface area contributed by atoms with Crippen molar-refractivity contribution < 1.29 is 58.4 Å². The van der Waals surface area contributed by atoms with Crippen LogP contribution in [0.5, 0.6) is 0 Å². The number of hydrogen-bond donors (Lipinski definition) is 4. The van der Waals surface area contributed by atoms with Gasteiger partial charge >= 0.3 is 5.97 Å². The first-order valence-corrected chi connectivity index (χ1v) is 21.5. The fraction of sp³-hybridized carbons (Fsp3) is 0.841. The number of carbonyl (C=O) groups is 1. The Labute approximate surface area is 332 Å². The Kier molecular flexibility index (Phi) is 12.7. The molecule has 6 saturated heterocycles. The fourth-order valence-electron chi connectivity index (χ4n) is 10.5. The molecule has 0 bridgehead atoms. The van der Waals surface area contributed by atoms with Crippen LogP contribution in [0.15, 0.2) is 36.0 Å². The lowest BCUT2D eigenvalue weighted by atomic mass is 9.80. The molecule has 56 heavy (non-hydrogen) atoms. The van der Waals surface area contributed by atoms with Crippen LogP contribution in [0.25, 0.3) is 0 Å². The first kappa shape index (κ1) is 42.4. The van der Waals surface area contributed by atoms with E-state index in [0.29, 0.717) is 44.4 Å². The Balaban J connectivity index is 0.902. The number of ether oxygens (including phenoxy) is 7. The third-order valence-electron chi connectivity index (χ3n) is 13.9. The molecular formula is C44H68O12. The molecule has 12 heteroatoms. The molecule has 0 saturated carbocycles. The molecule has 12 nitrogen and oxygen atoms in total. The van der Waals surface area contributed by atoms with Crippen molar-refractivity contribution in [2.24, 2.45) is 17.8 Å². The van der Waals surface area contributed by atoms with Crippen molar-refractivity contribution in [2.75, 3.05) is 6.61 Å². The van der Waals surface area contributed by atoms with Crippen molar-refractivity contribution in [1.29, 1.82) is 0 Å². The van der Waals surface area contributed by atoms with Gasteiger partial charge in [-0.05, 0) is 102 Å². The van der Waals surface area contributed by atoms with Crippen LogP contribution in [0.2, 0.25) is 0 Å². The molecule has 3 unspecified atom stereocenters. The SMILES string of the molecule is C=C1C[C@@H]2OC3(CC[C@H](/C=C/[C@@H](C)[C@@H]4CC(C)=CC5(O[C@H](C[C@@](C)(O)C(=O)O)CC[C@H]5O)O4)O3)CC[C@H]2O[C@@H]1[C@@H](O)C[C@H](C)[C@H]1O[C@@]2(CCCCO2)CCC1C. The van der Waals surface area contributed by atoms with Crippen molar-refractivity contribution >= 4 is 5.97 Å². The van der Waals surface area contributed by atoms with Crippen molar-refractivity contribution in [2.45, 2.75) is 209 Å². The summed E-state index contributed by atoms with van der Waals surface area (Å²) in [4.78, 5) is 11.6. The molecule has 7 rings (SSSR count). The lowest BCUT2D eigenvalue weighted by molar-refractivity contribution is -0.320. The number of rotatable bonds is 10. The summed E-state index contributed by atoms with van der Waals surface area (Å²) in [6, 6.07) is 0. The Bertz CT molecular complexity index is 1470. The highest BCUT2D eigenvalue weighted by molar-refractivity contribution is 5.76. The van der Waals surface area contributed by atoms with Crippen LogP contribution in [0.3, 0.4) is 0 Å². The predicted molar refractivity (Wildman–Crippen MR) is 206 cm³/mol. The molecule has 7 heterocycles. The van der Waals surface area contributed by atoms with Crippen LogP contribution in [0.4, 0.5) is 0 Å². The number of hydrogen-bond acceptors (Lipinski definition) is 11. The molecule has 316 valence electrons. The molecule has 0 radical (unpaired) electrons. The summed E-state index contributed by atoms with van der Waals surface area (Å²) >= 11 is 0. The van der Waals surface area contributed by atoms with Gasteiger partial charge in [-0.15, -0.1) is 0 Å². The summed E-state index contributed by atoms with van der Waals surface area (Å²) in [5.74, 6) is -3.36. The minimum Gasteiger partial charge on any atom is -0.479 e. The van der Waals surface area contributed by atoms with Gasteiger partial charge in [0.25, 0.3) is 0 Å². The molecule has 4 N–H and O–H groups in total. The molecule has 0 aromatic carbocycles. The van der Waals surface area contributed by atoms with Crippen LogP contribution < -0.4 is 0 Å². The van der Waals surface area contributed by atoms with Gasteiger partial charge in [-0.25, -0.2) is 4.79 Å². The first-order chi connectivity index (χ1) is 26.5. The van der Waals surface area contributed by atoms with Gasteiger partial charge in [0.2, 0.25) is 5.79 Å². The van der Waals surface area contributed by atoms with Gasteiger partial charge in [0.05, 0.1) is 49.3 Å². The maximum absolute atomic E-state index is 11.6. The van der Waals surface area contributed by atoms with E-state index in [4.69, 9.17) is 33.2 Å². The van der Waals surface area contributed by atoms with Gasteiger partial charge in [-0.1, -0.05) is 45.1 Å². The normalized spacial score (nSPS) is 44.7. The number of carboxylic acids is 1. The summed E-state index contributed by atoms with van der Waals surface area (Å²) in [5, 5.41) is 42.5. The van der Waals surface area contributed by atoms with E-state index in [0.717, 1.165) is 69.1 Å². The summed E-state index contributed by atoms with van der Waals surface area (Å²) in [6.07, 6.45) is 13.4. The van der Waals surface area contributed by atoms with Crippen LogP contribution in [0.1, 0.15) is 131 Å². The van der Waals surface area contributed by atoms with Crippen LogP contribution in [-0.4, -0.2) is 111 Å². The standard InChI is InChI=1S/C44H68O12/c1-26-21-35(55-44(24-26)37(46)12-11-32(53-44)25-41(6,49)40(47)48)27(2)9-10-31-14-18-43(52-31)19-15-34-36(54-43)23-30(5)39(51-34)33(45)22-29(4)38-28(3)13-17-42(56-38)16-7-8-20-50-42/h9-10,24,27-29,31-39,45-46,49H,5,7-8,11-23,25H2,1-4,6H3,(H,47,48)/b10-9+/t27-,28?,29+,31+,32+,33+,34-,35+,36+,37-,38+,39+,41-,42+,43?,44?/m1/s1. The minimum absolute atomic E-state index is 0.0272. The zero-order chi connectivity index (χ0) is 40.0.